The van der Waals surface area contributed by atoms with Gasteiger partial charge in [-0.15, -0.1) is 0 Å². The second kappa shape index (κ2) is 5.49. The molecule has 20 heavy (non-hydrogen) atoms. The quantitative estimate of drug-likeness (QED) is 0.844. The van der Waals surface area contributed by atoms with Crippen LogP contribution in [0.2, 0.25) is 0 Å². The summed E-state index contributed by atoms with van der Waals surface area (Å²) in [5.41, 5.74) is -0.590. The molecule has 1 amide bonds. The molecule has 1 aromatic heterocycles. The Morgan fingerprint density at radius 1 is 1.45 bits per heavy atom. The van der Waals surface area contributed by atoms with Gasteiger partial charge in [0.15, 0.2) is 0 Å². The zero-order valence-corrected chi connectivity index (χ0v) is 11.8. The third-order valence-corrected chi connectivity index (χ3v) is 4.17. The van der Waals surface area contributed by atoms with E-state index >= 15 is 0 Å². The SMILES string of the molecule is C[C@]1(C(=O)N2CCN(Cc3ncn[nH]3)CC2)CCCO1. The Bertz CT molecular complexity index is 447. The summed E-state index contributed by atoms with van der Waals surface area (Å²) >= 11 is 0. The topological polar surface area (TPSA) is 74.4 Å². The van der Waals surface area contributed by atoms with Crippen LogP contribution in [0.1, 0.15) is 25.6 Å². The molecule has 2 saturated heterocycles. The van der Waals surface area contributed by atoms with Gasteiger partial charge in [0, 0.05) is 32.8 Å². The van der Waals surface area contributed by atoms with Gasteiger partial charge in [0.05, 0.1) is 6.54 Å². The smallest absolute Gasteiger partial charge is 0.254 e. The molecular weight excluding hydrogens is 258 g/mol. The molecule has 7 heteroatoms. The Morgan fingerprint density at radius 2 is 2.25 bits per heavy atom. The number of H-pyrrole nitrogens is 1. The van der Waals surface area contributed by atoms with Gasteiger partial charge in [0.2, 0.25) is 0 Å². The van der Waals surface area contributed by atoms with E-state index in [-0.39, 0.29) is 5.91 Å². The van der Waals surface area contributed by atoms with Gasteiger partial charge in [-0.1, -0.05) is 0 Å². The van der Waals surface area contributed by atoms with Crippen molar-refractivity contribution in [3.63, 3.8) is 0 Å². The highest BCUT2D eigenvalue weighted by Gasteiger charge is 2.41. The van der Waals surface area contributed by atoms with E-state index in [4.69, 9.17) is 4.74 Å². The van der Waals surface area contributed by atoms with Crippen molar-refractivity contribution in [2.45, 2.75) is 31.9 Å². The minimum Gasteiger partial charge on any atom is -0.365 e. The van der Waals surface area contributed by atoms with Crippen LogP contribution in [-0.2, 0) is 16.1 Å². The van der Waals surface area contributed by atoms with E-state index in [1.165, 1.54) is 6.33 Å². The minimum atomic E-state index is -0.590. The van der Waals surface area contributed by atoms with Crippen LogP contribution >= 0.6 is 0 Å². The number of carbonyl (C=O) groups is 1. The van der Waals surface area contributed by atoms with Crippen LogP contribution in [0.5, 0.6) is 0 Å². The molecule has 1 aromatic rings. The molecule has 2 aliphatic rings. The number of piperazine rings is 1. The number of carbonyl (C=O) groups excluding carboxylic acids is 1. The van der Waals surface area contributed by atoms with E-state index in [0.29, 0.717) is 6.61 Å². The Kier molecular flexibility index (Phi) is 3.71. The average Bonchev–Trinajstić information content (AvgIpc) is 3.11. The molecule has 0 saturated carbocycles. The average molecular weight is 279 g/mol. The lowest BCUT2D eigenvalue weighted by Gasteiger charge is -2.37. The van der Waals surface area contributed by atoms with Gasteiger partial charge in [0.1, 0.15) is 17.8 Å². The van der Waals surface area contributed by atoms with Crippen molar-refractivity contribution < 1.29 is 9.53 Å². The summed E-state index contributed by atoms with van der Waals surface area (Å²) in [5, 5.41) is 6.71. The summed E-state index contributed by atoms with van der Waals surface area (Å²) in [5.74, 6) is 1.02. The van der Waals surface area contributed by atoms with Crippen LogP contribution in [0.25, 0.3) is 0 Å². The molecule has 0 aliphatic carbocycles. The standard InChI is InChI=1S/C13H21N5O2/c1-13(3-2-8-20-13)12(19)18-6-4-17(5-7-18)9-11-14-10-15-16-11/h10H,2-9H2,1H3,(H,14,15,16)/t13-/m1/s1. The fraction of sp³-hybridized carbons (Fsp3) is 0.769. The van der Waals surface area contributed by atoms with E-state index in [2.05, 4.69) is 20.1 Å². The Balaban J connectivity index is 1.52. The molecule has 3 heterocycles. The summed E-state index contributed by atoms with van der Waals surface area (Å²) in [6, 6.07) is 0. The number of aromatic amines is 1. The summed E-state index contributed by atoms with van der Waals surface area (Å²) in [6.45, 7) is 6.62. The van der Waals surface area contributed by atoms with E-state index in [0.717, 1.165) is 51.4 Å². The van der Waals surface area contributed by atoms with Gasteiger partial charge in [0.25, 0.3) is 5.91 Å². The molecule has 0 spiro atoms. The molecule has 0 radical (unpaired) electrons. The minimum absolute atomic E-state index is 0.148. The van der Waals surface area contributed by atoms with Crippen LogP contribution < -0.4 is 0 Å². The zero-order chi connectivity index (χ0) is 14.0. The molecule has 3 rings (SSSR count). The maximum absolute atomic E-state index is 12.5. The second-order valence-corrected chi connectivity index (χ2v) is 5.68. The highest BCUT2D eigenvalue weighted by atomic mass is 16.5. The van der Waals surface area contributed by atoms with Gasteiger partial charge in [-0.25, -0.2) is 4.98 Å². The van der Waals surface area contributed by atoms with Crippen LogP contribution in [0, 0.1) is 0 Å². The van der Waals surface area contributed by atoms with E-state index in [9.17, 15) is 4.79 Å². The fourth-order valence-electron chi connectivity index (χ4n) is 2.91. The number of rotatable bonds is 3. The number of nitrogens with one attached hydrogen (secondary N) is 1. The second-order valence-electron chi connectivity index (χ2n) is 5.68. The molecule has 1 atom stereocenters. The molecule has 110 valence electrons. The van der Waals surface area contributed by atoms with Crippen LogP contribution in [0.4, 0.5) is 0 Å². The van der Waals surface area contributed by atoms with E-state index < -0.39 is 5.60 Å². The van der Waals surface area contributed by atoms with Gasteiger partial charge < -0.3 is 9.64 Å². The number of ether oxygens (including phenoxy) is 1. The highest BCUT2D eigenvalue weighted by molar-refractivity contribution is 5.85. The van der Waals surface area contributed by atoms with Crippen molar-refractivity contribution in [1.82, 2.24) is 25.0 Å². The molecular formula is C13H21N5O2. The lowest BCUT2D eigenvalue weighted by molar-refractivity contribution is -0.152. The summed E-state index contributed by atoms with van der Waals surface area (Å²) in [4.78, 5) is 20.8. The van der Waals surface area contributed by atoms with E-state index in [1.54, 1.807) is 0 Å². The fourth-order valence-corrected chi connectivity index (χ4v) is 2.91. The summed E-state index contributed by atoms with van der Waals surface area (Å²) in [7, 11) is 0. The monoisotopic (exact) mass is 279 g/mol. The first-order chi connectivity index (χ1) is 9.67. The largest absolute Gasteiger partial charge is 0.365 e. The first kappa shape index (κ1) is 13.5. The van der Waals surface area contributed by atoms with Gasteiger partial charge in [-0.05, 0) is 19.8 Å². The normalized spacial score (nSPS) is 27.9. The summed E-state index contributed by atoms with van der Waals surface area (Å²) < 4.78 is 5.64. The maximum atomic E-state index is 12.5. The molecule has 2 aliphatic heterocycles. The molecule has 0 bridgehead atoms. The predicted molar refractivity (Wildman–Crippen MR) is 71.8 cm³/mol. The number of aromatic nitrogens is 3. The van der Waals surface area contributed by atoms with Crippen LogP contribution in [-0.4, -0.2) is 69.3 Å². The van der Waals surface area contributed by atoms with Gasteiger partial charge >= 0.3 is 0 Å². The first-order valence-electron chi connectivity index (χ1n) is 7.17. The number of nitrogens with zero attached hydrogens (tertiary/aromatic N) is 4. The van der Waals surface area contributed by atoms with Crippen molar-refractivity contribution in [2.24, 2.45) is 0 Å². The third kappa shape index (κ3) is 2.69. The van der Waals surface area contributed by atoms with Gasteiger partial charge in [-0.2, -0.15) is 5.10 Å². The van der Waals surface area contributed by atoms with Gasteiger partial charge in [-0.3, -0.25) is 14.8 Å². The number of amides is 1. The Labute approximate surface area is 118 Å². The van der Waals surface area contributed by atoms with Crippen molar-refractivity contribution in [2.75, 3.05) is 32.8 Å². The molecule has 7 nitrogen and oxygen atoms in total. The van der Waals surface area contributed by atoms with Crippen molar-refractivity contribution in [3.05, 3.63) is 12.2 Å². The first-order valence-corrected chi connectivity index (χ1v) is 7.17. The maximum Gasteiger partial charge on any atom is 0.254 e. The molecule has 2 fully saturated rings. The van der Waals surface area contributed by atoms with Crippen LogP contribution in [0.15, 0.2) is 6.33 Å². The summed E-state index contributed by atoms with van der Waals surface area (Å²) in [6.07, 6.45) is 3.34. The lowest BCUT2D eigenvalue weighted by Crippen LogP contribution is -2.54. The molecule has 1 N–H and O–H groups in total. The zero-order valence-electron chi connectivity index (χ0n) is 11.8. The molecule has 0 unspecified atom stereocenters. The Hall–Kier alpha value is -1.47. The number of hydrogen-bond donors (Lipinski definition) is 1. The lowest BCUT2D eigenvalue weighted by atomic mass is 10.0. The number of hydrogen-bond acceptors (Lipinski definition) is 5. The van der Waals surface area contributed by atoms with Crippen molar-refractivity contribution in [1.29, 1.82) is 0 Å². The van der Waals surface area contributed by atoms with Crippen LogP contribution in [0.3, 0.4) is 0 Å². The van der Waals surface area contributed by atoms with Crippen molar-refractivity contribution >= 4 is 5.91 Å². The predicted octanol–water partition coefficient (Wildman–Crippen LogP) is 0.0180. The Morgan fingerprint density at radius 3 is 2.85 bits per heavy atom. The highest BCUT2D eigenvalue weighted by Crippen LogP contribution is 2.27. The van der Waals surface area contributed by atoms with E-state index in [1.807, 2.05) is 11.8 Å². The molecule has 0 aromatic carbocycles. The third-order valence-electron chi connectivity index (χ3n) is 4.17. The van der Waals surface area contributed by atoms with Crippen molar-refractivity contribution in [3.8, 4) is 0 Å².